The summed E-state index contributed by atoms with van der Waals surface area (Å²) in [4.78, 5) is 19.6. The highest BCUT2D eigenvalue weighted by molar-refractivity contribution is 5.41. The minimum absolute atomic E-state index is 0.277. The van der Waals surface area contributed by atoms with E-state index in [1.54, 1.807) is 6.07 Å². The largest absolute Gasteiger partial charge is 0.356 e. The lowest BCUT2D eigenvalue weighted by atomic mass is 10.2. The van der Waals surface area contributed by atoms with Crippen LogP contribution in [0.1, 0.15) is 31.4 Å². The number of aromatic amines is 1. The van der Waals surface area contributed by atoms with Gasteiger partial charge in [0.1, 0.15) is 17.6 Å². The van der Waals surface area contributed by atoms with Gasteiger partial charge in [-0.05, 0) is 12.8 Å². The third-order valence-corrected chi connectivity index (χ3v) is 2.78. The van der Waals surface area contributed by atoms with Crippen LogP contribution in [0, 0.1) is 11.3 Å². The van der Waals surface area contributed by atoms with Crippen molar-refractivity contribution in [2.45, 2.75) is 25.7 Å². The van der Waals surface area contributed by atoms with Gasteiger partial charge in [-0.3, -0.25) is 4.98 Å². The molecule has 2 rings (SSSR count). The molecule has 84 valence electrons. The van der Waals surface area contributed by atoms with Crippen LogP contribution in [0.5, 0.6) is 0 Å². The molecule has 1 aliphatic rings. The molecule has 1 fully saturated rings. The molecule has 0 amide bonds. The molecule has 0 aromatic carbocycles. The maximum Gasteiger partial charge on any atom is 0.347 e. The van der Waals surface area contributed by atoms with Gasteiger partial charge in [0.25, 0.3) is 0 Å². The average molecular weight is 218 g/mol. The first-order valence-electron chi connectivity index (χ1n) is 5.56. The molecular weight excluding hydrogens is 204 g/mol. The third-order valence-electron chi connectivity index (χ3n) is 2.78. The summed E-state index contributed by atoms with van der Waals surface area (Å²) in [6.45, 7) is 1.84. The Morgan fingerprint density at radius 2 is 2.00 bits per heavy atom. The molecule has 1 aromatic heterocycles. The Bertz CT molecular complexity index is 452. The standard InChI is InChI=1S/C11H14N4O/c12-8-9-7-10(14-11(16)13-9)15-5-3-1-2-4-6-15/h7H,1-6H2,(H,13,14,16). The first-order valence-corrected chi connectivity index (χ1v) is 5.56. The van der Waals surface area contributed by atoms with E-state index in [1.165, 1.54) is 12.8 Å². The van der Waals surface area contributed by atoms with Crippen LogP contribution in [-0.4, -0.2) is 23.1 Å². The maximum atomic E-state index is 11.3. The monoisotopic (exact) mass is 218 g/mol. The summed E-state index contributed by atoms with van der Waals surface area (Å²) in [5.74, 6) is 0.627. The first kappa shape index (κ1) is 10.7. The van der Waals surface area contributed by atoms with Crippen LogP contribution in [-0.2, 0) is 0 Å². The van der Waals surface area contributed by atoms with Crippen molar-refractivity contribution in [3.8, 4) is 6.07 Å². The quantitative estimate of drug-likeness (QED) is 0.763. The zero-order valence-electron chi connectivity index (χ0n) is 9.07. The topological polar surface area (TPSA) is 72.8 Å². The average Bonchev–Trinajstić information content (AvgIpc) is 2.56. The lowest BCUT2D eigenvalue weighted by molar-refractivity contribution is 0.726. The predicted octanol–water partition coefficient (Wildman–Crippen LogP) is 1.02. The van der Waals surface area contributed by atoms with Crippen molar-refractivity contribution >= 4 is 5.82 Å². The van der Waals surface area contributed by atoms with Crippen molar-refractivity contribution in [3.05, 3.63) is 22.2 Å². The molecule has 0 bridgehead atoms. The van der Waals surface area contributed by atoms with Gasteiger partial charge in [0.2, 0.25) is 0 Å². The molecule has 1 saturated heterocycles. The number of hydrogen-bond donors (Lipinski definition) is 1. The second-order valence-corrected chi connectivity index (χ2v) is 3.97. The van der Waals surface area contributed by atoms with E-state index in [0.717, 1.165) is 25.9 Å². The van der Waals surface area contributed by atoms with E-state index in [-0.39, 0.29) is 5.69 Å². The highest BCUT2D eigenvalue weighted by Crippen LogP contribution is 2.16. The predicted molar refractivity (Wildman–Crippen MR) is 60.3 cm³/mol. The number of nitriles is 1. The van der Waals surface area contributed by atoms with E-state index < -0.39 is 5.69 Å². The second kappa shape index (κ2) is 4.79. The molecule has 16 heavy (non-hydrogen) atoms. The van der Waals surface area contributed by atoms with Crippen LogP contribution < -0.4 is 10.6 Å². The summed E-state index contributed by atoms with van der Waals surface area (Å²) in [6, 6.07) is 3.59. The molecule has 5 heteroatoms. The SMILES string of the molecule is N#Cc1cc(N2CCCCCC2)nc(=O)[nH]1. The molecule has 1 aromatic rings. The lowest BCUT2D eigenvalue weighted by Gasteiger charge is -2.20. The summed E-state index contributed by atoms with van der Waals surface area (Å²) < 4.78 is 0. The van der Waals surface area contributed by atoms with Crippen molar-refractivity contribution < 1.29 is 0 Å². The number of nitrogens with one attached hydrogen (secondary N) is 1. The molecular formula is C11H14N4O. The van der Waals surface area contributed by atoms with Gasteiger partial charge in [-0.15, -0.1) is 0 Å². The van der Waals surface area contributed by atoms with Gasteiger partial charge in [-0.2, -0.15) is 10.2 Å². The fourth-order valence-electron chi connectivity index (χ4n) is 1.97. The highest BCUT2D eigenvalue weighted by Gasteiger charge is 2.12. The van der Waals surface area contributed by atoms with Crippen LogP contribution in [0.2, 0.25) is 0 Å². The Kier molecular flexibility index (Phi) is 3.20. The molecule has 0 saturated carbocycles. The fourth-order valence-corrected chi connectivity index (χ4v) is 1.97. The first-order chi connectivity index (χ1) is 7.79. The van der Waals surface area contributed by atoms with Crippen molar-refractivity contribution in [1.29, 1.82) is 5.26 Å². The second-order valence-electron chi connectivity index (χ2n) is 3.97. The van der Waals surface area contributed by atoms with Gasteiger partial charge < -0.3 is 4.90 Å². The van der Waals surface area contributed by atoms with Gasteiger partial charge >= 0.3 is 5.69 Å². The van der Waals surface area contributed by atoms with Gasteiger partial charge in [-0.1, -0.05) is 12.8 Å². The van der Waals surface area contributed by atoms with Gasteiger partial charge in [0.15, 0.2) is 0 Å². The van der Waals surface area contributed by atoms with Crippen molar-refractivity contribution in [2.24, 2.45) is 0 Å². The maximum absolute atomic E-state index is 11.3. The van der Waals surface area contributed by atoms with E-state index in [0.29, 0.717) is 5.82 Å². The van der Waals surface area contributed by atoms with Crippen LogP contribution in [0.15, 0.2) is 10.9 Å². The smallest absolute Gasteiger partial charge is 0.347 e. The molecule has 0 radical (unpaired) electrons. The molecule has 0 aliphatic carbocycles. The Balaban J connectivity index is 2.28. The van der Waals surface area contributed by atoms with E-state index in [9.17, 15) is 4.79 Å². The van der Waals surface area contributed by atoms with Crippen LogP contribution in [0.4, 0.5) is 5.82 Å². The lowest BCUT2D eigenvalue weighted by Crippen LogP contribution is -2.28. The van der Waals surface area contributed by atoms with E-state index >= 15 is 0 Å². The third kappa shape index (κ3) is 2.40. The summed E-state index contributed by atoms with van der Waals surface area (Å²) in [6.07, 6.45) is 4.70. The van der Waals surface area contributed by atoms with Crippen molar-refractivity contribution in [3.63, 3.8) is 0 Å². The number of hydrogen-bond acceptors (Lipinski definition) is 4. The van der Waals surface area contributed by atoms with Crippen molar-refractivity contribution in [2.75, 3.05) is 18.0 Å². The Morgan fingerprint density at radius 1 is 1.31 bits per heavy atom. The molecule has 0 atom stereocenters. The number of anilines is 1. The number of nitrogens with zero attached hydrogens (tertiary/aromatic N) is 3. The molecule has 2 heterocycles. The summed E-state index contributed by atoms with van der Waals surface area (Å²) in [5, 5.41) is 8.77. The van der Waals surface area contributed by atoms with Gasteiger partial charge in [-0.25, -0.2) is 4.79 Å². The minimum Gasteiger partial charge on any atom is -0.356 e. The van der Waals surface area contributed by atoms with Crippen molar-refractivity contribution in [1.82, 2.24) is 9.97 Å². The van der Waals surface area contributed by atoms with Gasteiger partial charge in [0.05, 0.1) is 0 Å². The summed E-state index contributed by atoms with van der Waals surface area (Å²) >= 11 is 0. The number of aromatic nitrogens is 2. The van der Waals surface area contributed by atoms with E-state index in [1.807, 2.05) is 6.07 Å². The summed E-state index contributed by atoms with van der Waals surface area (Å²) in [5.41, 5.74) is -0.169. The molecule has 1 N–H and O–H groups in total. The Morgan fingerprint density at radius 3 is 2.62 bits per heavy atom. The van der Waals surface area contributed by atoms with Crippen LogP contribution in [0.3, 0.4) is 0 Å². The highest BCUT2D eigenvalue weighted by atomic mass is 16.1. The van der Waals surface area contributed by atoms with E-state index in [4.69, 9.17) is 5.26 Å². The minimum atomic E-state index is -0.446. The fraction of sp³-hybridized carbons (Fsp3) is 0.545. The molecule has 5 nitrogen and oxygen atoms in total. The Hall–Kier alpha value is -1.83. The molecule has 0 unspecified atom stereocenters. The number of H-pyrrole nitrogens is 1. The number of rotatable bonds is 1. The summed E-state index contributed by atoms with van der Waals surface area (Å²) in [7, 11) is 0. The van der Waals surface area contributed by atoms with Crippen LogP contribution in [0.25, 0.3) is 0 Å². The zero-order valence-corrected chi connectivity index (χ0v) is 9.07. The molecule has 1 aliphatic heterocycles. The Labute approximate surface area is 93.7 Å². The van der Waals surface area contributed by atoms with Gasteiger partial charge in [0, 0.05) is 19.2 Å². The normalized spacial score (nSPS) is 16.6. The molecule has 0 spiro atoms. The van der Waals surface area contributed by atoms with E-state index in [2.05, 4.69) is 14.9 Å². The van der Waals surface area contributed by atoms with Crippen LogP contribution >= 0.6 is 0 Å². The zero-order chi connectivity index (χ0) is 11.4.